The Labute approximate surface area is 103 Å². The molecule has 1 saturated heterocycles. The number of carbonyl (C=O) groups excluding carboxylic acids is 1. The molecule has 0 spiro atoms. The normalized spacial score (nSPS) is 27.1. The lowest BCUT2D eigenvalue weighted by atomic mass is 9.88. The van der Waals surface area contributed by atoms with Crippen LogP contribution in [0.1, 0.15) is 40.0 Å². The predicted molar refractivity (Wildman–Crippen MR) is 66.6 cm³/mol. The van der Waals surface area contributed by atoms with E-state index in [1.165, 1.54) is 12.8 Å². The summed E-state index contributed by atoms with van der Waals surface area (Å²) in [7, 11) is 0. The summed E-state index contributed by atoms with van der Waals surface area (Å²) >= 11 is 0. The van der Waals surface area contributed by atoms with Crippen molar-refractivity contribution in [2.75, 3.05) is 19.6 Å². The maximum absolute atomic E-state index is 11.9. The lowest BCUT2D eigenvalue weighted by Gasteiger charge is -2.25. The number of hydrogen-bond acceptors (Lipinski definition) is 3. The van der Waals surface area contributed by atoms with Crippen LogP contribution in [-0.4, -0.2) is 36.2 Å². The second-order valence-electron chi connectivity index (χ2n) is 6.48. The van der Waals surface area contributed by atoms with Crippen LogP contribution in [0, 0.1) is 11.3 Å². The Hall–Kier alpha value is -0.770. The van der Waals surface area contributed by atoms with E-state index in [-0.39, 0.29) is 6.09 Å². The summed E-state index contributed by atoms with van der Waals surface area (Å²) in [5.74, 6) is 0.583. The summed E-state index contributed by atoms with van der Waals surface area (Å²) in [5.41, 5.74) is 5.78. The van der Waals surface area contributed by atoms with Gasteiger partial charge in [0.2, 0.25) is 0 Å². The lowest BCUT2D eigenvalue weighted by molar-refractivity contribution is 0.0282. The Morgan fingerprint density at radius 3 is 2.59 bits per heavy atom. The van der Waals surface area contributed by atoms with Gasteiger partial charge in [-0.15, -0.1) is 0 Å². The van der Waals surface area contributed by atoms with Crippen molar-refractivity contribution in [2.45, 2.75) is 45.6 Å². The molecule has 1 aliphatic heterocycles. The van der Waals surface area contributed by atoms with Gasteiger partial charge in [0.25, 0.3) is 0 Å². The Kier molecular flexibility index (Phi) is 3.10. The number of likely N-dealkylation sites (tertiary alicyclic amines) is 1. The standard InChI is InChI=1S/C13H24N2O2/c1-12(2,3)17-11(16)15-7-4-10(8-15)13(9-14)5-6-13/h10H,4-9,14H2,1-3H3. The Morgan fingerprint density at radius 2 is 2.12 bits per heavy atom. The van der Waals surface area contributed by atoms with Crippen molar-refractivity contribution in [2.24, 2.45) is 17.1 Å². The second-order valence-corrected chi connectivity index (χ2v) is 6.48. The van der Waals surface area contributed by atoms with Crippen LogP contribution in [0.4, 0.5) is 4.79 Å². The molecular formula is C13H24N2O2. The van der Waals surface area contributed by atoms with E-state index in [9.17, 15) is 4.79 Å². The molecule has 0 radical (unpaired) electrons. The van der Waals surface area contributed by atoms with Gasteiger partial charge in [-0.05, 0) is 57.9 Å². The Bertz CT molecular complexity index is 305. The zero-order valence-corrected chi connectivity index (χ0v) is 11.2. The highest BCUT2D eigenvalue weighted by Crippen LogP contribution is 2.53. The zero-order chi connectivity index (χ0) is 12.7. The van der Waals surface area contributed by atoms with Crippen LogP contribution in [0.15, 0.2) is 0 Å². The summed E-state index contributed by atoms with van der Waals surface area (Å²) in [6.45, 7) is 8.12. The van der Waals surface area contributed by atoms with Gasteiger partial charge in [-0.1, -0.05) is 0 Å². The first kappa shape index (κ1) is 12.7. The van der Waals surface area contributed by atoms with Gasteiger partial charge in [-0.2, -0.15) is 0 Å². The maximum Gasteiger partial charge on any atom is 0.410 e. The number of amides is 1. The molecule has 0 aromatic rings. The fourth-order valence-corrected chi connectivity index (χ4v) is 2.69. The van der Waals surface area contributed by atoms with Gasteiger partial charge in [-0.3, -0.25) is 0 Å². The van der Waals surface area contributed by atoms with E-state index in [2.05, 4.69) is 0 Å². The van der Waals surface area contributed by atoms with Crippen LogP contribution in [0.25, 0.3) is 0 Å². The van der Waals surface area contributed by atoms with Crippen molar-refractivity contribution in [3.8, 4) is 0 Å². The van der Waals surface area contributed by atoms with Gasteiger partial charge in [0.1, 0.15) is 5.60 Å². The quantitative estimate of drug-likeness (QED) is 0.803. The molecule has 2 rings (SSSR count). The molecule has 1 amide bonds. The van der Waals surface area contributed by atoms with Crippen molar-refractivity contribution in [3.63, 3.8) is 0 Å². The summed E-state index contributed by atoms with van der Waals surface area (Å²) in [4.78, 5) is 13.8. The van der Waals surface area contributed by atoms with Crippen LogP contribution >= 0.6 is 0 Å². The van der Waals surface area contributed by atoms with Crippen molar-refractivity contribution in [1.82, 2.24) is 4.90 Å². The molecule has 2 aliphatic rings. The minimum atomic E-state index is -0.402. The highest BCUT2D eigenvalue weighted by atomic mass is 16.6. The molecule has 2 N–H and O–H groups in total. The molecular weight excluding hydrogens is 216 g/mol. The third-order valence-electron chi connectivity index (χ3n) is 4.00. The van der Waals surface area contributed by atoms with E-state index in [1.807, 2.05) is 25.7 Å². The van der Waals surface area contributed by atoms with Crippen LogP contribution in [0.5, 0.6) is 0 Å². The average Bonchev–Trinajstić information content (AvgIpc) is 2.85. The van der Waals surface area contributed by atoms with Crippen molar-refractivity contribution in [1.29, 1.82) is 0 Å². The largest absolute Gasteiger partial charge is 0.444 e. The smallest absolute Gasteiger partial charge is 0.410 e. The van der Waals surface area contributed by atoms with E-state index in [0.29, 0.717) is 11.3 Å². The first-order chi connectivity index (χ1) is 7.86. The molecule has 1 atom stereocenters. The van der Waals surface area contributed by atoms with E-state index >= 15 is 0 Å². The number of carbonyl (C=O) groups is 1. The summed E-state index contributed by atoms with van der Waals surface area (Å²) in [6, 6.07) is 0. The van der Waals surface area contributed by atoms with Gasteiger partial charge >= 0.3 is 6.09 Å². The Morgan fingerprint density at radius 1 is 1.47 bits per heavy atom. The van der Waals surface area contributed by atoms with Crippen LogP contribution < -0.4 is 5.73 Å². The fourth-order valence-electron chi connectivity index (χ4n) is 2.69. The number of hydrogen-bond donors (Lipinski definition) is 1. The fraction of sp³-hybridized carbons (Fsp3) is 0.923. The van der Waals surface area contributed by atoms with Gasteiger partial charge in [0.05, 0.1) is 0 Å². The summed E-state index contributed by atoms with van der Waals surface area (Å²) in [5, 5.41) is 0. The molecule has 0 aromatic heterocycles. The van der Waals surface area contributed by atoms with E-state index < -0.39 is 5.60 Å². The van der Waals surface area contributed by atoms with Gasteiger partial charge < -0.3 is 15.4 Å². The molecule has 1 heterocycles. The molecule has 1 unspecified atom stereocenters. The average molecular weight is 240 g/mol. The highest BCUT2D eigenvalue weighted by molar-refractivity contribution is 5.68. The summed E-state index contributed by atoms with van der Waals surface area (Å²) < 4.78 is 5.39. The minimum Gasteiger partial charge on any atom is -0.444 e. The lowest BCUT2D eigenvalue weighted by Crippen LogP contribution is -2.36. The van der Waals surface area contributed by atoms with Crippen molar-refractivity contribution < 1.29 is 9.53 Å². The summed E-state index contributed by atoms with van der Waals surface area (Å²) in [6.07, 6.45) is 3.37. The maximum atomic E-state index is 11.9. The number of nitrogens with two attached hydrogens (primary N) is 1. The molecule has 1 saturated carbocycles. The zero-order valence-electron chi connectivity index (χ0n) is 11.2. The molecule has 0 aromatic carbocycles. The van der Waals surface area contributed by atoms with E-state index in [1.54, 1.807) is 0 Å². The van der Waals surface area contributed by atoms with E-state index in [4.69, 9.17) is 10.5 Å². The molecule has 17 heavy (non-hydrogen) atoms. The van der Waals surface area contributed by atoms with Gasteiger partial charge in [-0.25, -0.2) is 4.79 Å². The number of ether oxygens (including phenoxy) is 1. The predicted octanol–water partition coefficient (Wildman–Crippen LogP) is 1.98. The molecule has 1 aliphatic carbocycles. The van der Waals surface area contributed by atoms with Crippen LogP contribution in [-0.2, 0) is 4.74 Å². The van der Waals surface area contributed by atoms with Gasteiger partial charge in [0.15, 0.2) is 0 Å². The molecule has 4 heteroatoms. The molecule has 4 nitrogen and oxygen atoms in total. The van der Waals surface area contributed by atoms with Crippen LogP contribution in [0.2, 0.25) is 0 Å². The van der Waals surface area contributed by atoms with Crippen molar-refractivity contribution >= 4 is 6.09 Å². The number of rotatable bonds is 2. The first-order valence-electron chi connectivity index (χ1n) is 6.54. The minimum absolute atomic E-state index is 0.173. The van der Waals surface area contributed by atoms with Crippen LogP contribution in [0.3, 0.4) is 0 Å². The SMILES string of the molecule is CC(C)(C)OC(=O)N1CCC(C2(CN)CC2)C1. The van der Waals surface area contributed by atoms with Gasteiger partial charge in [0, 0.05) is 13.1 Å². The van der Waals surface area contributed by atoms with E-state index in [0.717, 1.165) is 26.1 Å². The molecule has 0 bridgehead atoms. The van der Waals surface area contributed by atoms with Crippen molar-refractivity contribution in [3.05, 3.63) is 0 Å². The Balaban J connectivity index is 1.88. The second kappa shape index (κ2) is 4.16. The highest BCUT2D eigenvalue weighted by Gasteiger charge is 2.50. The molecule has 2 fully saturated rings. The third kappa shape index (κ3) is 2.73. The molecule has 98 valence electrons. The first-order valence-corrected chi connectivity index (χ1v) is 6.54. The monoisotopic (exact) mass is 240 g/mol. The number of nitrogens with zero attached hydrogens (tertiary/aromatic N) is 1. The third-order valence-corrected chi connectivity index (χ3v) is 4.00. The topological polar surface area (TPSA) is 55.6 Å².